The zero-order chi connectivity index (χ0) is 11.0. The molecule has 0 radical (unpaired) electrons. The molecule has 0 spiro atoms. The van der Waals surface area contributed by atoms with Crippen LogP contribution in [0, 0.1) is 16.2 Å². The van der Waals surface area contributed by atoms with Gasteiger partial charge in [0.15, 0.2) is 0 Å². The lowest BCUT2D eigenvalue weighted by molar-refractivity contribution is -0.0662. The summed E-state index contributed by atoms with van der Waals surface area (Å²) in [5.41, 5.74) is 0.200. The van der Waals surface area contributed by atoms with Gasteiger partial charge in [0.2, 0.25) is 0 Å². The normalized spacial score (nSPS) is 28.7. The van der Waals surface area contributed by atoms with Crippen molar-refractivity contribution in [3.8, 4) is 0 Å². The topological polar surface area (TPSA) is 40.5 Å². The van der Waals surface area contributed by atoms with E-state index in [0.29, 0.717) is 0 Å². The van der Waals surface area contributed by atoms with Crippen LogP contribution in [-0.4, -0.2) is 23.4 Å². The van der Waals surface area contributed by atoms with Gasteiger partial charge in [0.25, 0.3) is 0 Å². The molecule has 0 amide bonds. The molecule has 1 aliphatic carbocycles. The highest BCUT2D eigenvalue weighted by Crippen LogP contribution is 2.53. The fourth-order valence-corrected chi connectivity index (χ4v) is 3.79. The molecular weight excluding hydrogens is 176 g/mol. The van der Waals surface area contributed by atoms with E-state index in [-0.39, 0.29) is 29.5 Å². The summed E-state index contributed by atoms with van der Waals surface area (Å²) in [5.74, 6) is 0. The fourth-order valence-electron chi connectivity index (χ4n) is 3.79. The first-order chi connectivity index (χ1) is 6.24. The van der Waals surface area contributed by atoms with Crippen molar-refractivity contribution in [2.75, 3.05) is 13.2 Å². The third-order valence-electron chi connectivity index (χ3n) is 3.34. The molecule has 0 unspecified atom stereocenters. The minimum atomic E-state index is -0.259. The molecule has 0 bridgehead atoms. The maximum atomic E-state index is 9.45. The quantitative estimate of drug-likeness (QED) is 0.717. The fraction of sp³-hybridized carbons (Fsp3) is 1.00. The minimum absolute atomic E-state index is 0.107. The smallest absolute Gasteiger partial charge is 0.0509 e. The summed E-state index contributed by atoms with van der Waals surface area (Å²) in [5, 5.41) is 18.9. The first kappa shape index (κ1) is 12.0. The summed E-state index contributed by atoms with van der Waals surface area (Å²) in [6, 6.07) is 0. The number of aliphatic hydroxyl groups is 2. The molecule has 0 aromatic heterocycles. The van der Waals surface area contributed by atoms with E-state index < -0.39 is 0 Å². The summed E-state index contributed by atoms with van der Waals surface area (Å²) in [6.07, 6.45) is 3.02. The molecule has 2 N–H and O–H groups in total. The first-order valence-electron chi connectivity index (χ1n) is 5.46. The minimum Gasteiger partial charge on any atom is -0.396 e. The molecule has 1 aliphatic rings. The average Bonchev–Trinajstić information content (AvgIpc) is 1.98. The van der Waals surface area contributed by atoms with Crippen LogP contribution in [-0.2, 0) is 0 Å². The van der Waals surface area contributed by atoms with Crippen molar-refractivity contribution in [2.24, 2.45) is 16.2 Å². The van der Waals surface area contributed by atoms with Crippen LogP contribution in [0.4, 0.5) is 0 Å². The monoisotopic (exact) mass is 200 g/mol. The molecule has 0 heterocycles. The number of aliphatic hydroxyl groups excluding tert-OH is 2. The lowest BCUT2D eigenvalue weighted by Crippen LogP contribution is -2.45. The van der Waals surface area contributed by atoms with Crippen LogP contribution in [0.5, 0.6) is 0 Å². The lowest BCUT2D eigenvalue weighted by atomic mass is 9.55. The van der Waals surface area contributed by atoms with Gasteiger partial charge in [-0.25, -0.2) is 0 Å². The van der Waals surface area contributed by atoms with Gasteiger partial charge in [-0.1, -0.05) is 27.7 Å². The van der Waals surface area contributed by atoms with E-state index in [1.54, 1.807) is 0 Å². The lowest BCUT2D eigenvalue weighted by Gasteiger charge is -2.50. The van der Waals surface area contributed by atoms with Gasteiger partial charge < -0.3 is 10.2 Å². The van der Waals surface area contributed by atoms with Gasteiger partial charge in [-0.3, -0.25) is 0 Å². The molecule has 0 atom stereocenters. The third-order valence-corrected chi connectivity index (χ3v) is 3.34. The summed E-state index contributed by atoms with van der Waals surface area (Å²) >= 11 is 0. The van der Waals surface area contributed by atoms with E-state index in [0.717, 1.165) is 12.8 Å². The molecule has 0 aliphatic heterocycles. The first-order valence-corrected chi connectivity index (χ1v) is 5.46. The maximum Gasteiger partial charge on any atom is 0.0509 e. The summed E-state index contributed by atoms with van der Waals surface area (Å²) in [6.45, 7) is 9.14. The third kappa shape index (κ3) is 2.48. The maximum absolute atomic E-state index is 9.45. The number of rotatable bonds is 2. The average molecular weight is 200 g/mol. The van der Waals surface area contributed by atoms with Crippen LogP contribution in [0.2, 0.25) is 0 Å². The van der Waals surface area contributed by atoms with Crippen molar-refractivity contribution in [3.63, 3.8) is 0 Å². The highest BCUT2D eigenvalue weighted by Gasteiger charge is 2.46. The molecule has 0 saturated heterocycles. The van der Waals surface area contributed by atoms with E-state index in [2.05, 4.69) is 27.7 Å². The molecule has 2 heteroatoms. The van der Waals surface area contributed by atoms with E-state index in [1.807, 2.05) is 0 Å². The Bertz CT molecular complexity index is 184. The van der Waals surface area contributed by atoms with Crippen molar-refractivity contribution >= 4 is 0 Å². The SMILES string of the molecule is CC1(C)CC(C)(C)CC(CO)(CO)C1. The molecular formula is C12H24O2. The van der Waals surface area contributed by atoms with Crippen molar-refractivity contribution in [1.82, 2.24) is 0 Å². The van der Waals surface area contributed by atoms with Crippen LogP contribution in [0.3, 0.4) is 0 Å². The van der Waals surface area contributed by atoms with Crippen molar-refractivity contribution in [3.05, 3.63) is 0 Å². The van der Waals surface area contributed by atoms with Crippen molar-refractivity contribution in [2.45, 2.75) is 47.0 Å². The second-order valence-electron chi connectivity index (χ2n) is 6.67. The largest absolute Gasteiger partial charge is 0.396 e. The van der Waals surface area contributed by atoms with Gasteiger partial charge in [0.05, 0.1) is 13.2 Å². The van der Waals surface area contributed by atoms with Crippen molar-refractivity contribution < 1.29 is 10.2 Å². The van der Waals surface area contributed by atoms with E-state index in [4.69, 9.17) is 0 Å². The second-order valence-corrected chi connectivity index (χ2v) is 6.67. The van der Waals surface area contributed by atoms with Crippen LogP contribution in [0.1, 0.15) is 47.0 Å². The Morgan fingerprint density at radius 2 is 1.14 bits per heavy atom. The highest BCUT2D eigenvalue weighted by molar-refractivity contribution is 4.96. The predicted octanol–water partition coefficient (Wildman–Crippen LogP) is 2.19. The van der Waals surface area contributed by atoms with Gasteiger partial charge in [-0.15, -0.1) is 0 Å². The van der Waals surface area contributed by atoms with E-state index in [1.165, 1.54) is 6.42 Å². The molecule has 2 nitrogen and oxygen atoms in total. The Balaban J connectivity index is 2.90. The van der Waals surface area contributed by atoms with E-state index >= 15 is 0 Å². The molecule has 14 heavy (non-hydrogen) atoms. The zero-order valence-electron chi connectivity index (χ0n) is 9.93. The Kier molecular flexibility index (Phi) is 2.99. The van der Waals surface area contributed by atoms with Crippen LogP contribution in [0.15, 0.2) is 0 Å². The van der Waals surface area contributed by atoms with E-state index in [9.17, 15) is 10.2 Å². The predicted molar refractivity (Wildman–Crippen MR) is 58.0 cm³/mol. The van der Waals surface area contributed by atoms with Gasteiger partial charge in [-0.2, -0.15) is 0 Å². The standard InChI is InChI=1S/C12H24O2/c1-10(2)5-11(3,4)7-12(6-10,8-13)9-14/h13-14H,5-9H2,1-4H3. The molecule has 1 saturated carbocycles. The molecule has 1 rings (SSSR count). The molecule has 0 aromatic carbocycles. The number of hydrogen-bond acceptors (Lipinski definition) is 2. The van der Waals surface area contributed by atoms with Gasteiger partial charge in [0.1, 0.15) is 0 Å². The van der Waals surface area contributed by atoms with Gasteiger partial charge in [-0.05, 0) is 30.1 Å². The van der Waals surface area contributed by atoms with Crippen molar-refractivity contribution in [1.29, 1.82) is 0 Å². The van der Waals surface area contributed by atoms with Crippen LogP contribution in [0.25, 0.3) is 0 Å². The zero-order valence-corrected chi connectivity index (χ0v) is 9.93. The summed E-state index contributed by atoms with van der Waals surface area (Å²) < 4.78 is 0. The molecule has 0 aromatic rings. The Labute approximate surface area is 87.3 Å². The van der Waals surface area contributed by atoms with Gasteiger partial charge >= 0.3 is 0 Å². The Morgan fingerprint density at radius 3 is 1.43 bits per heavy atom. The Hall–Kier alpha value is -0.0800. The van der Waals surface area contributed by atoms with Crippen LogP contribution < -0.4 is 0 Å². The molecule has 84 valence electrons. The van der Waals surface area contributed by atoms with Crippen LogP contribution >= 0.6 is 0 Å². The Morgan fingerprint density at radius 1 is 0.786 bits per heavy atom. The van der Waals surface area contributed by atoms with Gasteiger partial charge in [0, 0.05) is 5.41 Å². The second kappa shape index (κ2) is 3.49. The highest BCUT2D eigenvalue weighted by atomic mass is 16.3. The summed E-state index contributed by atoms with van der Waals surface area (Å²) in [4.78, 5) is 0. The molecule has 1 fully saturated rings. The number of hydrogen-bond donors (Lipinski definition) is 2. The summed E-state index contributed by atoms with van der Waals surface area (Å²) in [7, 11) is 0.